The number of hydrogen-bond donors (Lipinski definition) is 2. The maximum absolute atomic E-state index is 5.86. The monoisotopic (exact) mass is 220 g/mol. The Labute approximate surface area is 97.0 Å². The Hall–Kier alpha value is -1.42. The first-order chi connectivity index (χ1) is 7.70. The van der Waals surface area contributed by atoms with E-state index in [9.17, 15) is 0 Å². The van der Waals surface area contributed by atoms with Gasteiger partial charge in [0.1, 0.15) is 0 Å². The topological polar surface area (TPSA) is 44.5 Å². The van der Waals surface area contributed by atoms with Crippen LogP contribution in [0.1, 0.15) is 0 Å². The van der Waals surface area contributed by atoms with Crippen molar-refractivity contribution in [3.05, 3.63) is 18.2 Å². The van der Waals surface area contributed by atoms with Crippen LogP contribution >= 0.6 is 0 Å². The number of likely N-dealkylation sites (N-methyl/N-ethyl adjacent to an activating group) is 1. The van der Waals surface area contributed by atoms with Crippen molar-refractivity contribution in [2.24, 2.45) is 0 Å². The predicted molar refractivity (Wildman–Crippen MR) is 70.1 cm³/mol. The van der Waals surface area contributed by atoms with Crippen molar-refractivity contribution in [1.82, 2.24) is 4.90 Å². The normalized spacial score (nSPS) is 17.5. The van der Waals surface area contributed by atoms with Gasteiger partial charge in [-0.3, -0.25) is 0 Å². The van der Waals surface area contributed by atoms with E-state index in [1.807, 2.05) is 13.1 Å². The number of hydrogen-bond acceptors (Lipinski definition) is 4. The van der Waals surface area contributed by atoms with E-state index < -0.39 is 0 Å². The Morgan fingerprint density at radius 3 is 2.50 bits per heavy atom. The van der Waals surface area contributed by atoms with Gasteiger partial charge in [-0.1, -0.05) is 0 Å². The number of nitrogen functional groups attached to an aromatic ring is 1. The highest BCUT2D eigenvalue weighted by atomic mass is 15.2. The molecule has 4 nitrogen and oxygen atoms in total. The van der Waals surface area contributed by atoms with Gasteiger partial charge < -0.3 is 20.9 Å². The molecule has 0 saturated carbocycles. The molecule has 0 radical (unpaired) electrons. The van der Waals surface area contributed by atoms with Gasteiger partial charge in [-0.15, -0.1) is 0 Å². The summed E-state index contributed by atoms with van der Waals surface area (Å²) in [5.41, 5.74) is 8.93. The van der Waals surface area contributed by atoms with Crippen molar-refractivity contribution in [2.45, 2.75) is 0 Å². The van der Waals surface area contributed by atoms with E-state index in [0.717, 1.165) is 37.6 Å². The highest BCUT2D eigenvalue weighted by Crippen LogP contribution is 2.25. The van der Waals surface area contributed by atoms with Crippen molar-refractivity contribution in [3.8, 4) is 0 Å². The number of nitrogens with zero attached hydrogens (tertiary/aromatic N) is 2. The summed E-state index contributed by atoms with van der Waals surface area (Å²) < 4.78 is 0. The van der Waals surface area contributed by atoms with Gasteiger partial charge in [0.2, 0.25) is 0 Å². The molecule has 0 aromatic heterocycles. The number of anilines is 3. The van der Waals surface area contributed by atoms with Gasteiger partial charge in [0.15, 0.2) is 0 Å². The molecule has 16 heavy (non-hydrogen) atoms. The summed E-state index contributed by atoms with van der Waals surface area (Å²) in [4.78, 5) is 4.76. The maximum Gasteiger partial charge on any atom is 0.0592 e. The summed E-state index contributed by atoms with van der Waals surface area (Å²) in [5, 5.41) is 3.12. The summed E-state index contributed by atoms with van der Waals surface area (Å²) in [5.74, 6) is 0. The minimum atomic E-state index is 0.806. The zero-order chi connectivity index (χ0) is 11.5. The van der Waals surface area contributed by atoms with Crippen LogP contribution in [0.3, 0.4) is 0 Å². The Morgan fingerprint density at radius 2 is 1.88 bits per heavy atom. The van der Waals surface area contributed by atoms with Gasteiger partial charge in [0.25, 0.3) is 0 Å². The molecule has 0 amide bonds. The van der Waals surface area contributed by atoms with Gasteiger partial charge >= 0.3 is 0 Å². The number of piperazine rings is 1. The number of rotatable bonds is 2. The van der Waals surface area contributed by atoms with Crippen LogP contribution in [0.15, 0.2) is 18.2 Å². The lowest BCUT2D eigenvalue weighted by Crippen LogP contribution is -2.44. The SMILES string of the molecule is CNc1cc(N2CCN(C)CC2)ccc1N. The average Bonchev–Trinajstić information content (AvgIpc) is 2.31. The lowest BCUT2D eigenvalue weighted by atomic mass is 10.2. The van der Waals surface area contributed by atoms with Gasteiger partial charge in [0.05, 0.1) is 11.4 Å². The van der Waals surface area contributed by atoms with E-state index >= 15 is 0 Å². The van der Waals surface area contributed by atoms with Crippen LogP contribution in [0.4, 0.5) is 17.1 Å². The number of nitrogens with one attached hydrogen (secondary N) is 1. The third kappa shape index (κ3) is 2.22. The molecule has 0 spiro atoms. The summed E-state index contributed by atoms with van der Waals surface area (Å²) in [6.07, 6.45) is 0. The molecular weight excluding hydrogens is 200 g/mol. The molecule has 3 N–H and O–H groups in total. The second-order valence-electron chi connectivity index (χ2n) is 4.31. The Bertz CT molecular complexity index is 356. The zero-order valence-electron chi connectivity index (χ0n) is 10.0. The molecule has 1 aliphatic heterocycles. The van der Waals surface area contributed by atoms with E-state index in [-0.39, 0.29) is 0 Å². The second kappa shape index (κ2) is 4.61. The fourth-order valence-electron chi connectivity index (χ4n) is 2.02. The predicted octanol–water partition coefficient (Wildman–Crippen LogP) is 1.06. The standard InChI is InChI=1S/C12H20N4/c1-14-12-9-10(3-4-11(12)13)16-7-5-15(2)6-8-16/h3-4,9,14H,5-8,13H2,1-2H3. The van der Waals surface area contributed by atoms with Gasteiger partial charge in [-0.2, -0.15) is 0 Å². The van der Waals surface area contributed by atoms with E-state index in [1.165, 1.54) is 5.69 Å². The molecule has 1 saturated heterocycles. The molecule has 0 aliphatic carbocycles. The minimum absolute atomic E-state index is 0.806. The second-order valence-corrected chi connectivity index (χ2v) is 4.31. The fraction of sp³-hybridized carbons (Fsp3) is 0.500. The molecule has 4 heteroatoms. The molecule has 1 aromatic rings. The van der Waals surface area contributed by atoms with Crippen LogP contribution in [0.5, 0.6) is 0 Å². The molecule has 2 rings (SSSR count). The van der Waals surface area contributed by atoms with E-state index in [1.54, 1.807) is 0 Å². The van der Waals surface area contributed by atoms with Crippen LogP contribution in [0.25, 0.3) is 0 Å². The zero-order valence-corrected chi connectivity index (χ0v) is 10.0. The van der Waals surface area contributed by atoms with Crippen LogP contribution in [0.2, 0.25) is 0 Å². The smallest absolute Gasteiger partial charge is 0.0592 e. The van der Waals surface area contributed by atoms with Crippen LogP contribution in [-0.2, 0) is 0 Å². The first-order valence-electron chi connectivity index (χ1n) is 5.71. The Balaban J connectivity index is 2.14. The largest absolute Gasteiger partial charge is 0.397 e. The molecule has 0 unspecified atom stereocenters. The van der Waals surface area contributed by atoms with E-state index in [0.29, 0.717) is 0 Å². The van der Waals surface area contributed by atoms with Crippen LogP contribution < -0.4 is 16.0 Å². The third-order valence-corrected chi connectivity index (χ3v) is 3.17. The van der Waals surface area contributed by atoms with E-state index in [2.05, 4.69) is 34.3 Å². The van der Waals surface area contributed by atoms with Crippen molar-refractivity contribution >= 4 is 17.1 Å². The lowest BCUT2D eigenvalue weighted by molar-refractivity contribution is 0.313. The van der Waals surface area contributed by atoms with Crippen LogP contribution in [-0.4, -0.2) is 45.2 Å². The molecule has 1 aliphatic rings. The quantitative estimate of drug-likeness (QED) is 0.732. The van der Waals surface area contributed by atoms with Crippen molar-refractivity contribution in [1.29, 1.82) is 0 Å². The average molecular weight is 220 g/mol. The number of benzene rings is 1. The van der Waals surface area contributed by atoms with Crippen molar-refractivity contribution < 1.29 is 0 Å². The Kier molecular flexibility index (Phi) is 3.19. The lowest BCUT2D eigenvalue weighted by Gasteiger charge is -2.34. The summed E-state index contributed by atoms with van der Waals surface area (Å²) >= 11 is 0. The third-order valence-electron chi connectivity index (χ3n) is 3.17. The van der Waals surface area contributed by atoms with Crippen LogP contribution in [0, 0.1) is 0 Å². The summed E-state index contributed by atoms with van der Waals surface area (Å²) in [6.45, 7) is 4.42. The van der Waals surface area contributed by atoms with Gasteiger partial charge in [-0.05, 0) is 25.2 Å². The Morgan fingerprint density at radius 1 is 1.19 bits per heavy atom. The summed E-state index contributed by atoms with van der Waals surface area (Å²) in [7, 11) is 4.07. The first kappa shape index (κ1) is 11.1. The number of nitrogens with two attached hydrogens (primary N) is 1. The minimum Gasteiger partial charge on any atom is -0.397 e. The summed E-state index contributed by atoms with van der Waals surface area (Å²) in [6, 6.07) is 6.20. The molecule has 1 aromatic carbocycles. The van der Waals surface area contributed by atoms with Gasteiger partial charge in [-0.25, -0.2) is 0 Å². The molecule has 0 atom stereocenters. The first-order valence-corrected chi connectivity index (χ1v) is 5.71. The molecule has 88 valence electrons. The van der Waals surface area contributed by atoms with E-state index in [4.69, 9.17) is 5.73 Å². The molecule has 1 heterocycles. The highest BCUT2D eigenvalue weighted by Gasteiger charge is 2.14. The molecular formula is C12H20N4. The molecule has 0 bridgehead atoms. The van der Waals surface area contributed by atoms with Crippen molar-refractivity contribution in [3.63, 3.8) is 0 Å². The highest BCUT2D eigenvalue weighted by molar-refractivity contribution is 5.72. The maximum atomic E-state index is 5.86. The fourth-order valence-corrected chi connectivity index (χ4v) is 2.02. The van der Waals surface area contributed by atoms with Crippen molar-refractivity contribution in [2.75, 3.05) is 56.2 Å². The van der Waals surface area contributed by atoms with Gasteiger partial charge in [0, 0.05) is 38.9 Å². The molecule has 1 fully saturated rings.